The van der Waals surface area contributed by atoms with Gasteiger partial charge < -0.3 is 11.1 Å². The summed E-state index contributed by atoms with van der Waals surface area (Å²) in [6, 6.07) is 7.53. The molecule has 1 aliphatic carbocycles. The van der Waals surface area contributed by atoms with Crippen molar-refractivity contribution in [2.45, 2.75) is 38.3 Å². The third kappa shape index (κ3) is 3.03. The first-order valence-corrected chi connectivity index (χ1v) is 6.77. The first kappa shape index (κ1) is 13.4. The van der Waals surface area contributed by atoms with Gasteiger partial charge in [-0.1, -0.05) is 30.2 Å². The molecule has 0 saturated heterocycles. The maximum absolute atomic E-state index is 12.1. The van der Waals surface area contributed by atoms with Crippen molar-refractivity contribution in [1.29, 1.82) is 0 Å². The second-order valence-electron chi connectivity index (χ2n) is 4.99. The summed E-state index contributed by atoms with van der Waals surface area (Å²) in [6.07, 6.45) is 2.89. The molecule has 0 heterocycles. The molecule has 2 rings (SSSR count). The minimum atomic E-state index is -0.0380. The van der Waals surface area contributed by atoms with Crippen LogP contribution >= 0.6 is 11.6 Å². The average Bonchev–Trinajstić information content (AvgIpc) is 2.75. The molecule has 1 fully saturated rings. The van der Waals surface area contributed by atoms with Crippen molar-refractivity contribution < 1.29 is 4.79 Å². The molecule has 98 valence electrons. The molecule has 1 aromatic carbocycles. The fourth-order valence-corrected chi connectivity index (χ4v) is 2.69. The highest BCUT2D eigenvalue weighted by molar-refractivity contribution is 6.30. The molecule has 0 spiro atoms. The van der Waals surface area contributed by atoms with Gasteiger partial charge in [0.2, 0.25) is 5.91 Å². The van der Waals surface area contributed by atoms with Crippen LogP contribution < -0.4 is 11.1 Å². The molecule has 1 aromatic rings. The van der Waals surface area contributed by atoms with Crippen LogP contribution in [0.5, 0.6) is 0 Å². The minimum absolute atomic E-state index is 0.0107. The monoisotopic (exact) mass is 266 g/mol. The van der Waals surface area contributed by atoms with Gasteiger partial charge in [0.15, 0.2) is 0 Å². The number of nitrogens with one attached hydrogen (secondary N) is 1. The molecule has 0 aromatic heterocycles. The van der Waals surface area contributed by atoms with Crippen LogP contribution in [0.15, 0.2) is 24.3 Å². The zero-order valence-electron chi connectivity index (χ0n) is 10.5. The summed E-state index contributed by atoms with van der Waals surface area (Å²) in [4.78, 5) is 12.1. The molecule has 0 radical (unpaired) electrons. The lowest BCUT2D eigenvalue weighted by Gasteiger charge is -2.20. The van der Waals surface area contributed by atoms with Gasteiger partial charge in [0.25, 0.3) is 0 Å². The van der Waals surface area contributed by atoms with Gasteiger partial charge in [0.05, 0.1) is 12.0 Å². The number of carbonyl (C=O) groups is 1. The van der Waals surface area contributed by atoms with E-state index in [9.17, 15) is 4.79 Å². The zero-order chi connectivity index (χ0) is 13.1. The van der Waals surface area contributed by atoms with Crippen molar-refractivity contribution in [2.24, 2.45) is 11.7 Å². The number of hydrogen-bond donors (Lipinski definition) is 2. The van der Waals surface area contributed by atoms with Crippen LogP contribution in [0, 0.1) is 5.92 Å². The Kier molecular flexibility index (Phi) is 4.25. The molecule has 0 bridgehead atoms. The fraction of sp³-hybridized carbons (Fsp3) is 0.500. The minimum Gasteiger partial charge on any atom is -0.349 e. The van der Waals surface area contributed by atoms with E-state index in [1.165, 1.54) is 0 Å². The summed E-state index contributed by atoms with van der Waals surface area (Å²) in [5, 5.41) is 3.70. The SMILES string of the molecule is C[C@H](NC(=O)C1CCCC1N)c1cccc(Cl)c1. The van der Waals surface area contributed by atoms with Gasteiger partial charge in [0, 0.05) is 11.1 Å². The van der Waals surface area contributed by atoms with E-state index < -0.39 is 0 Å². The van der Waals surface area contributed by atoms with Crippen LogP contribution in [-0.4, -0.2) is 11.9 Å². The van der Waals surface area contributed by atoms with E-state index in [1.54, 1.807) is 0 Å². The molecule has 1 amide bonds. The predicted octanol–water partition coefficient (Wildman–Crippen LogP) is 2.64. The average molecular weight is 267 g/mol. The van der Waals surface area contributed by atoms with Gasteiger partial charge in [-0.25, -0.2) is 0 Å². The van der Waals surface area contributed by atoms with Crippen LogP contribution in [0.2, 0.25) is 5.02 Å². The molecular weight excluding hydrogens is 248 g/mol. The van der Waals surface area contributed by atoms with E-state index >= 15 is 0 Å². The third-order valence-electron chi connectivity index (χ3n) is 3.61. The summed E-state index contributed by atoms with van der Waals surface area (Å²) >= 11 is 5.94. The molecule has 18 heavy (non-hydrogen) atoms. The van der Waals surface area contributed by atoms with Crippen LogP contribution in [0.1, 0.15) is 37.8 Å². The Labute approximate surface area is 113 Å². The van der Waals surface area contributed by atoms with Crippen LogP contribution in [0.3, 0.4) is 0 Å². The quantitative estimate of drug-likeness (QED) is 0.884. The van der Waals surface area contributed by atoms with Gasteiger partial charge in [-0.3, -0.25) is 4.79 Å². The Morgan fingerprint density at radius 2 is 2.28 bits per heavy atom. The Balaban J connectivity index is 1.98. The lowest BCUT2D eigenvalue weighted by molar-refractivity contribution is -0.125. The van der Waals surface area contributed by atoms with E-state index in [2.05, 4.69) is 5.32 Å². The molecule has 4 heteroatoms. The van der Waals surface area contributed by atoms with Crippen molar-refractivity contribution in [3.05, 3.63) is 34.9 Å². The third-order valence-corrected chi connectivity index (χ3v) is 3.85. The molecular formula is C14H19ClN2O. The number of amides is 1. The fourth-order valence-electron chi connectivity index (χ4n) is 2.49. The second-order valence-corrected chi connectivity index (χ2v) is 5.42. The topological polar surface area (TPSA) is 55.1 Å². The van der Waals surface area contributed by atoms with Gasteiger partial charge in [-0.2, -0.15) is 0 Å². The highest BCUT2D eigenvalue weighted by atomic mass is 35.5. The number of nitrogens with two attached hydrogens (primary N) is 1. The smallest absolute Gasteiger partial charge is 0.225 e. The molecule has 1 saturated carbocycles. The lowest BCUT2D eigenvalue weighted by atomic mass is 10.0. The van der Waals surface area contributed by atoms with Crippen LogP contribution in [0.4, 0.5) is 0 Å². The van der Waals surface area contributed by atoms with Crippen molar-refractivity contribution in [3.63, 3.8) is 0 Å². The largest absolute Gasteiger partial charge is 0.349 e. The Morgan fingerprint density at radius 1 is 1.50 bits per heavy atom. The van der Waals surface area contributed by atoms with Crippen molar-refractivity contribution in [2.75, 3.05) is 0 Å². The highest BCUT2D eigenvalue weighted by Crippen LogP contribution is 2.25. The van der Waals surface area contributed by atoms with Crippen molar-refractivity contribution in [3.8, 4) is 0 Å². The number of hydrogen-bond acceptors (Lipinski definition) is 2. The Morgan fingerprint density at radius 3 is 2.89 bits per heavy atom. The Bertz CT molecular complexity index is 436. The van der Waals surface area contributed by atoms with E-state index in [1.807, 2.05) is 31.2 Å². The summed E-state index contributed by atoms with van der Waals surface area (Å²) in [5.41, 5.74) is 6.95. The summed E-state index contributed by atoms with van der Waals surface area (Å²) < 4.78 is 0. The van der Waals surface area contributed by atoms with Gasteiger partial charge in [-0.15, -0.1) is 0 Å². The summed E-state index contributed by atoms with van der Waals surface area (Å²) in [7, 11) is 0. The predicted molar refractivity (Wildman–Crippen MR) is 73.3 cm³/mol. The van der Waals surface area contributed by atoms with E-state index in [4.69, 9.17) is 17.3 Å². The molecule has 1 aliphatic rings. The normalized spacial score (nSPS) is 24.8. The van der Waals surface area contributed by atoms with Gasteiger partial charge in [0.1, 0.15) is 0 Å². The van der Waals surface area contributed by atoms with E-state index in [0.29, 0.717) is 5.02 Å². The van der Waals surface area contributed by atoms with Crippen molar-refractivity contribution in [1.82, 2.24) is 5.32 Å². The van der Waals surface area contributed by atoms with E-state index in [0.717, 1.165) is 24.8 Å². The van der Waals surface area contributed by atoms with Gasteiger partial charge >= 0.3 is 0 Å². The molecule has 2 unspecified atom stereocenters. The Hall–Kier alpha value is -1.06. The number of halogens is 1. The standard InChI is InChI=1S/C14H19ClN2O/c1-9(10-4-2-5-11(15)8-10)17-14(18)12-6-3-7-13(12)16/h2,4-5,8-9,12-13H,3,6-7,16H2,1H3,(H,17,18)/t9-,12?,13?/m0/s1. The summed E-state index contributed by atoms with van der Waals surface area (Å²) in [6.45, 7) is 1.96. The van der Waals surface area contributed by atoms with Crippen LogP contribution in [-0.2, 0) is 4.79 Å². The lowest BCUT2D eigenvalue weighted by Crippen LogP contribution is -2.39. The summed E-state index contributed by atoms with van der Waals surface area (Å²) in [5.74, 6) is 0.0270. The molecule has 3 N–H and O–H groups in total. The first-order valence-electron chi connectivity index (χ1n) is 6.39. The maximum Gasteiger partial charge on any atom is 0.225 e. The maximum atomic E-state index is 12.1. The molecule has 3 nitrogen and oxygen atoms in total. The first-order chi connectivity index (χ1) is 8.58. The second kappa shape index (κ2) is 5.72. The van der Waals surface area contributed by atoms with E-state index in [-0.39, 0.29) is 23.9 Å². The number of rotatable bonds is 3. The number of benzene rings is 1. The zero-order valence-corrected chi connectivity index (χ0v) is 11.3. The molecule has 0 aliphatic heterocycles. The van der Waals surface area contributed by atoms with Crippen molar-refractivity contribution >= 4 is 17.5 Å². The molecule has 3 atom stereocenters. The highest BCUT2D eigenvalue weighted by Gasteiger charge is 2.30. The van der Waals surface area contributed by atoms with Gasteiger partial charge in [-0.05, 0) is 37.5 Å². The van der Waals surface area contributed by atoms with Crippen LogP contribution in [0.25, 0.3) is 0 Å². The number of carbonyl (C=O) groups excluding carboxylic acids is 1.